The largest absolute Gasteiger partial charge is 0.361 e. The molecule has 2 rings (SSSR count). The van der Waals surface area contributed by atoms with Crippen molar-refractivity contribution in [1.82, 2.24) is 4.90 Å². The van der Waals surface area contributed by atoms with E-state index in [0.29, 0.717) is 0 Å². The first kappa shape index (κ1) is 14.9. The maximum Gasteiger partial charge on any atom is 0.247 e. The molecule has 0 unspecified atom stereocenters. The summed E-state index contributed by atoms with van der Waals surface area (Å²) in [7, 11) is 1.98. The molecule has 1 heterocycles. The van der Waals surface area contributed by atoms with Crippen molar-refractivity contribution < 1.29 is 4.79 Å². The van der Waals surface area contributed by atoms with Gasteiger partial charge in [0.2, 0.25) is 5.91 Å². The summed E-state index contributed by atoms with van der Waals surface area (Å²) in [6.07, 6.45) is 1.80. The number of likely N-dealkylation sites (N-methyl/N-ethyl adjacent to an activating group) is 1. The van der Waals surface area contributed by atoms with Gasteiger partial charge in [0.25, 0.3) is 0 Å². The number of likely N-dealkylation sites (tertiary alicyclic amines) is 1. The predicted molar refractivity (Wildman–Crippen MR) is 82.7 cm³/mol. The van der Waals surface area contributed by atoms with Gasteiger partial charge >= 0.3 is 0 Å². The van der Waals surface area contributed by atoms with Crippen LogP contribution in [0.15, 0.2) is 30.3 Å². The summed E-state index contributed by atoms with van der Waals surface area (Å²) in [6, 6.07) is 10.3. The van der Waals surface area contributed by atoms with Crippen molar-refractivity contribution in [2.45, 2.75) is 38.3 Å². The molecule has 0 saturated carbocycles. The quantitative estimate of drug-likeness (QED) is 0.916. The van der Waals surface area contributed by atoms with Crippen LogP contribution in [0.5, 0.6) is 0 Å². The molecule has 2 N–H and O–H groups in total. The normalized spacial score (nSPS) is 17.1. The molecule has 20 heavy (non-hydrogen) atoms. The van der Waals surface area contributed by atoms with Crippen LogP contribution in [0.1, 0.15) is 26.7 Å². The van der Waals surface area contributed by atoms with Crippen molar-refractivity contribution in [3.63, 3.8) is 0 Å². The lowest BCUT2D eigenvalue weighted by Gasteiger charge is -2.41. The van der Waals surface area contributed by atoms with E-state index in [9.17, 15) is 4.79 Å². The zero-order chi connectivity index (χ0) is 14.8. The number of nitrogens with two attached hydrogens (primary N) is 1. The van der Waals surface area contributed by atoms with Crippen LogP contribution in [-0.4, -0.2) is 42.5 Å². The molecule has 4 nitrogen and oxygen atoms in total. The predicted octanol–water partition coefficient (Wildman–Crippen LogP) is 1.85. The van der Waals surface area contributed by atoms with Gasteiger partial charge < -0.3 is 15.5 Å². The third-order valence-electron chi connectivity index (χ3n) is 4.33. The number of nitrogens with zero attached hydrogens (tertiary/aromatic N) is 2. The molecule has 1 aromatic rings. The number of carbonyl (C=O) groups is 1. The van der Waals surface area contributed by atoms with Crippen molar-refractivity contribution in [1.29, 1.82) is 0 Å². The van der Waals surface area contributed by atoms with Crippen LogP contribution in [0.3, 0.4) is 0 Å². The second-order valence-electron chi connectivity index (χ2n) is 6.08. The molecule has 0 aromatic heterocycles. The smallest absolute Gasteiger partial charge is 0.247 e. The molecule has 1 aliphatic heterocycles. The van der Waals surface area contributed by atoms with Crippen molar-refractivity contribution in [3.05, 3.63) is 30.3 Å². The van der Waals surface area contributed by atoms with Gasteiger partial charge in [-0.3, -0.25) is 4.79 Å². The molecule has 0 aliphatic carbocycles. The molecule has 0 spiro atoms. The number of piperidine rings is 1. The SMILES string of the molecule is CN(c1ccccc1)C(C)(C)C(=O)N1CCC(N)CC1. The maximum atomic E-state index is 12.8. The Hall–Kier alpha value is -1.55. The van der Waals surface area contributed by atoms with Gasteiger partial charge in [-0.15, -0.1) is 0 Å². The van der Waals surface area contributed by atoms with Crippen LogP contribution in [0, 0.1) is 0 Å². The van der Waals surface area contributed by atoms with E-state index in [1.54, 1.807) is 0 Å². The fourth-order valence-electron chi connectivity index (χ4n) is 2.61. The Morgan fingerprint density at radius 3 is 2.35 bits per heavy atom. The number of para-hydroxylation sites is 1. The van der Waals surface area contributed by atoms with Crippen LogP contribution in [-0.2, 0) is 4.79 Å². The Kier molecular flexibility index (Phi) is 4.33. The van der Waals surface area contributed by atoms with Crippen molar-refractivity contribution in [2.75, 3.05) is 25.0 Å². The van der Waals surface area contributed by atoms with Crippen LogP contribution < -0.4 is 10.6 Å². The standard InChI is InChI=1S/C16H25N3O/c1-16(2,18(3)14-7-5-4-6-8-14)15(20)19-11-9-13(17)10-12-19/h4-8,13H,9-12,17H2,1-3H3. The average molecular weight is 275 g/mol. The topological polar surface area (TPSA) is 49.6 Å². The van der Waals surface area contributed by atoms with Gasteiger partial charge in [0.05, 0.1) is 0 Å². The molecule has 0 bridgehead atoms. The highest BCUT2D eigenvalue weighted by molar-refractivity contribution is 5.89. The highest BCUT2D eigenvalue weighted by Crippen LogP contribution is 2.25. The number of amides is 1. The molecular formula is C16H25N3O. The van der Waals surface area contributed by atoms with Crippen molar-refractivity contribution >= 4 is 11.6 Å². The summed E-state index contributed by atoms with van der Waals surface area (Å²) < 4.78 is 0. The van der Waals surface area contributed by atoms with E-state index < -0.39 is 5.54 Å². The number of carbonyl (C=O) groups excluding carboxylic acids is 1. The first-order chi connectivity index (χ1) is 9.43. The Balaban J connectivity index is 2.11. The van der Waals surface area contributed by atoms with Crippen LogP contribution in [0.2, 0.25) is 0 Å². The van der Waals surface area contributed by atoms with E-state index in [1.807, 2.05) is 61.0 Å². The lowest BCUT2D eigenvalue weighted by Crippen LogP contribution is -2.57. The van der Waals surface area contributed by atoms with Gasteiger partial charge in [-0.1, -0.05) is 18.2 Å². The average Bonchev–Trinajstić information content (AvgIpc) is 2.47. The van der Waals surface area contributed by atoms with Crippen LogP contribution >= 0.6 is 0 Å². The number of benzene rings is 1. The summed E-state index contributed by atoms with van der Waals surface area (Å²) in [5, 5.41) is 0. The highest BCUT2D eigenvalue weighted by Gasteiger charge is 2.37. The third kappa shape index (κ3) is 2.96. The van der Waals surface area contributed by atoms with Crippen molar-refractivity contribution in [2.24, 2.45) is 5.73 Å². The number of hydrogen-bond acceptors (Lipinski definition) is 3. The second-order valence-corrected chi connectivity index (χ2v) is 6.08. The van der Waals surface area contributed by atoms with Crippen LogP contribution in [0.4, 0.5) is 5.69 Å². The Morgan fingerprint density at radius 2 is 1.80 bits per heavy atom. The monoisotopic (exact) mass is 275 g/mol. The molecule has 0 radical (unpaired) electrons. The maximum absolute atomic E-state index is 12.8. The van der Waals surface area contributed by atoms with Gasteiger partial charge in [-0.2, -0.15) is 0 Å². The summed E-state index contributed by atoms with van der Waals surface area (Å²) in [5.74, 6) is 0.177. The summed E-state index contributed by atoms with van der Waals surface area (Å²) >= 11 is 0. The Bertz CT molecular complexity index is 450. The minimum Gasteiger partial charge on any atom is -0.361 e. The molecule has 1 aromatic carbocycles. The number of anilines is 1. The fraction of sp³-hybridized carbons (Fsp3) is 0.562. The zero-order valence-electron chi connectivity index (χ0n) is 12.7. The first-order valence-corrected chi connectivity index (χ1v) is 7.27. The van der Waals surface area contributed by atoms with Gasteiger partial charge in [-0.25, -0.2) is 0 Å². The minimum atomic E-state index is -0.553. The molecule has 1 fully saturated rings. The number of rotatable bonds is 3. The van der Waals surface area contributed by atoms with Gasteiger partial charge in [0.1, 0.15) is 5.54 Å². The van der Waals surface area contributed by atoms with Gasteiger partial charge in [0, 0.05) is 31.9 Å². The van der Waals surface area contributed by atoms with E-state index >= 15 is 0 Å². The zero-order valence-corrected chi connectivity index (χ0v) is 12.7. The van der Waals surface area contributed by atoms with Crippen molar-refractivity contribution in [3.8, 4) is 0 Å². The number of hydrogen-bond donors (Lipinski definition) is 1. The van der Waals surface area contributed by atoms with Crippen LogP contribution in [0.25, 0.3) is 0 Å². The molecule has 1 saturated heterocycles. The summed E-state index contributed by atoms with van der Waals surface area (Å²) in [5.41, 5.74) is 6.41. The van der Waals surface area contributed by atoms with E-state index in [-0.39, 0.29) is 11.9 Å². The van der Waals surface area contributed by atoms with E-state index in [1.165, 1.54) is 0 Å². The van der Waals surface area contributed by atoms with Gasteiger partial charge in [0.15, 0.2) is 0 Å². The molecule has 1 aliphatic rings. The Labute approximate surface area is 121 Å². The van der Waals surface area contributed by atoms with E-state index in [4.69, 9.17) is 5.73 Å². The minimum absolute atomic E-state index is 0.177. The molecule has 1 amide bonds. The fourth-order valence-corrected chi connectivity index (χ4v) is 2.61. The lowest BCUT2D eigenvalue weighted by molar-refractivity contribution is -0.136. The first-order valence-electron chi connectivity index (χ1n) is 7.27. The molecule has 110 valence electrons. The van der Waals surface area contributed by atoms with E-state index in [2.05, 4.69) is 0 Å². The van der Waals surface area contributed by atoms with E-state index in [0.717, 1.165) is 31.6 Å². The lowest BCUT2D eigenvalue weighted by atomic mass is 9.97. The molecule has 4 heteroatoms. The highest BCUT2D eigenvalue weighted by atomic mass is 16.2. The third-order valence-corrected chi connectivity index (χ3v) is 4.33. The summed E-state index contributed by atoms with van der Waals surface area (Å²) in [6.45, 7) is 5.51. The molecule has 0 atom stereocenters. The summed E-state index contributed by atoms with van der Waals surface area (Å²) in [4.78, 5) is 16.8. The molecular weight excluding hydrogens is 250 g/mol. The Morgan fingerprint density at radius 1 is 1.25 bits per heavy atom. The second kappa shape index (κ2) is 5.83. The van der Waals surface area contributed by atoms with Gasteiger partial charge in [-0.05, 0) is 38.8 Å².